The van der Waals surface area contributed by atoms with Crippen molar-refractivity contribution in [3.05, 3.63) is 48.6 Å². The average molecular weight is 242 g/mol. The molecule has 0 aliphatic heterocycles. The predicted molar refractivity (Wildman–Crippen MR) is 75.6 cm³/mol. The second kappa shape index (κ2) is 6.53. The molecule has 1 aromatic rings. The number of carbonyl (C=O) groups is 1. The first-order valence-corrected chi connectivity index (χ1v) is 7.01. The molecule has 2 unspecified atom stereocenters. The van der Waals surface area contributed by atoms with Crippen LogP contribution in [0.1, 0.15) is 50.0 Å². The molecule has 0 radical (unpaired) electrons. The summed E-state index contributed by atoms with van der Waals surface area (Å²) < 4.78 is 0. The Morgan fingerprint density at radius 1 is 1.22 bits per heavy atom. The van der Waals surface area contributed by atoms with Crippen molar-refractivity contribution < 1.29 is 4.79 Å². The van der Waals surface area contributed by atoms with E-state index in [1.54, 1.807) is 0 Å². The van der Waals surface area contributed by atoms with Gasteiger partial charge in [0.05, 0.1) is 0 Å². The highest BCUT2D eigenvalue weighted by molar-refractivity contribution is 5.84. The van der Waals surface area contributed by atoms with Crippen LogP contribution in [-0.2, 0) is 4.79 Å². The SMILES string of the molecule is C=CCCCCCC(=O)C1CC1c1ccccc1. The van der Waals surface area contributed by atoms with Crippen molar-refractivity contribution in [1.29, 1.82) is 0 Å². The van der Waals surface area contributed by atoms with Gasteiger partial charge in [-0.25, -0.2) is 0 Å². The minimum Gasteiger partial charge on any atom is -0.299 e. The van der Waals surface area contributed by atoms with Gasteiger partial charge in [0.2, 0.25) is 0 Å². The Morgan fingerprint density at radius 2 is 2.00 bits per heavy atom. The normalized spacial score (nSPS) is 21.6. The van der Waals surface area contributed by atoms with Gasteiger partial charge in [-0.05, 0) is 37.2 Å². The number of Topliss-reactive ketones (excluding diaryl/α,β-unsaturated/α-hetero) is 1. The fourth-order valence-electron chi connectivity index (χ4n) is 2.57. The van der Waals surface area contributed by atoms with Gasteiger partial charge < -0.3 is 0 Å². The number of carbonyl (C=O) groups excluding carboxylic acids is 1. The predicted octanol–water partition coefficient (Wildman–Crippen LogP) is 4.50. The second-order valence-electron chi connectivity index (χ2n) is 5.21. The van der Waals surface area contributed by atoms with Crippen LogP contribution in [0.3, 0.4) is 0 Å². The maximum absolute atomic E-state index is 12.0. The van der Waals surface area contributed by atoms with E-state index in [9.17, 15) is 4.79 Å². The van der Waals surface area contributed by atoms with Crippen LogP contribution in [0, 0.1) is 5.92 Å². The minimum atomic E-state index is 0.312. The molecule has 0 bridgehead atoms. The van der Waals surface area contributed by atoms with Crippen LogP contribution >= 0.6 is 0 Å². The number of benzene rings is 1. The lowest BCUT2D eigenvalue weighted by atomic mass is 10.0. The third kappa shape index (κ3) is 3.56. The van der Waals surface area contributed by atoms with Gasteiger partial charge in [0.25, 0.3) is 0 Å². The van der Waals surface area contributed by atoms with Gasteiger partial charge in [0.15, 0.2) is 0 Å². The topological polar surface area (TPSA) is 17.1 Å². The van der Waals surface area contributed by atoms with Crippen LogP contribution in [0.15, 0.2) is 43.0 Å². The monoisotopic (exact) mass is 242 g/mol. The Bertz CT molecular complexity index is 393. The summed E-state index contributed by atoms with van der Waals surface area (Å²) in [6, 6.07) is 10.4. The van der Waals surface area contributed by atoms with Crippen molar-refractivity contribution in [1.82, 2.24) is 0 Å². The molecule has 0 heterocycles. The van der Waals surface area contributed by atoms with Crippen molar-refractivity contribution in [2.45, 2.75) is 44.4 Å². The number of rotatable bonds is 8. The highest BCUT2D eigenvalue weighted by atomic mass is 16.1. The number of ketones is 1. The van der Waals surface area contributed by atoms with Gasteiger partial charge in [-0.1, -0.05) is 42.8 Å². The molecule has 2 atom stereocenters. The molecule has 0 amide bonds. The molecule has 1 saturated carbocycles. The van der Waals surface area contributed by atoms with Crippen molar-refractivity contribution in [2.24, 2.45) is 5.92 Å². The number of hydrogen-bond acceptors (Lipinski definition) is 1. The lowest BCUT2D eigenvalue weighted by Crippen LogP contribution is -2.01. The zero-order chi connectivity index (χ0) is 12.8. The van der Waals surface area contributed by atoms with Crippen LogP contribution in [0.25, 0.3) is 0 Å². The third-order valence-electron chi connectivity index (χ3n) is 3.76. The maximum atomic E-state index is 12.0. The Morgan fingerprint density at radius 3 is 2.72 bits per heavy atom. The molecular weight excluding hydrogens is 220 g/mol. The third-order valence-corrected chi connectivity index (χ3v) is 3.76. The highest BCUT2D eigenvalue weighted by Gasteiger charge is 2.42. The van der Waals surface area contributed by atoms with E-state index in [1.165, 1.54) is 12.0 Å². The molecule has 0 aromatic heterocycles. The molecule has 18 heavy (non-hydrogen) atoms. The largest absolute Gasteiger partial charge is 0.299 e. The van der Waals surface area contributed by atoms with E-state index in [2.05, 4.69) is 30.8 Å². The molecule has 0 saturated heterocycles. The van der Waals surface area contributed by atoms with E-state index in [0.717, 1.165) is 32.1 Å². The molecule has 0 N–H and O–H groups in total. The first-order chi connectivity index (χ1) is 8.83. The average Bonchev–Trinajstić information content (AvgIpc) is 3.20. The molecule has 1 aliphatic carbocycles. The van der Waals surface area contributed by atoms with Crippen LogP contribution in [0.5, 0.6) is 0 Å². The zero-order valence-corrected chi connectivity index (χ0v) is 11.0. The molecule has 96 valence electrons. The molecule has 1 heteroatoms. The summed E-state index contributed by atoms with van der Waals surface area (Å²) in [5, 5.41) is 0. The summed E-state index contributed by atoms with van der Waals surface area (Å²) in [7, 11) is 0. The smallest absolute Gasteiger partial charge is 0.136 e. The van der Waals surface area contributed by atoms with E-state index in [-0.39, 0.29) is 0 Å². The van der Waals surface area contributed by atoms with Crippen molar-refractivity contribution in [3.8, 4) is 0 Å². The summed E-state index contributed by atoms with van der Waals surface area (Å²) in [4.78, 5) is 12.0. The Balaban J connectivity index is 1.68. The summed E-state index contributed by atoms with van der Waals surface area (Å²) in [6.45, 7) is 3.71. The van der Waals surface area contributed by atoms with Crippen molar-refractivity contribution in [3.63, 3.8) is 0 Å². The summed E-state index contributed by atoms with van der Waals surface area (Å²) >= 11 is 0. The van der Waals surface area contributed by atoms with Crippen LogP contribution in [-0.4, -0.2) is 5.78 Å². The molecule has 0 spiro atoms. The molecular formula is C17H22O. The van der Waals surface area contributed by atoms with E-state index in [4.69, 9.17) is 0 Å². The van der Waals surface area contributed by atoms with Gasteiger partial charge in [-0.3, -0.25) is 4.79 Å². The Kier molecular flexibility index (Phi) is 4.74. The van der Waals surface area contributed by atoms with Crippen LogP contribution in [0.4, 0.5) is 0 Å². The Labute approximate surface area is 110 Å². The van der Waals surface area contributed by atoms with Gasteiger partial charge in [0, 0.05) is 12.3 Å². The van der Waals surface area contributed by atoms with E-state index >= 15 is 0 Å². The first kappa shape index (κ1) is 13.1. The molecule has 1 nitrogen and oxygen atoms in total. The summed E-state index contributed by atoms with van der Waals surface area (Å²) in [6.07, 6.45) is 8.23. The second-order valence-corrected chi connectivity index (χ2v) is 5.21. The number of allylic oxidation sites excluding steroid dienone is 1. The first-order valence-electron chi connectivity index (χ1n) is 7.01. The van der Waals surface area contributed by atoms with Crippen LogP contribution in [0.2, 0.25) is 0 Å². The standard InChI is InChI=1S/C17H22O/c1-2-3-4-5-9-12-17(18)16-13-15(16)14-10-7-6-8-11-14/h2,6-8,10-11,15-16H,1,3-5,9,12-13H2. The van der Waals surface area contributed by atoms with Crippen LogP contribution < -0.4 is 0 Å². The molecule has 1 aromatic carbocycles. The quantitative estimate of drug-likeness (QED) is 0.484. The van der Waals surface area contributed by atoms with E-state index in [1.807, 2.05) is 12.1 Å². The lowest BCUT2D eigenvalue weighted by Gasteiger charge is -2.01. The van der Waals surface area contributed by atoms with Gasteiger partial charge in [-0.15, -0.1) is 6.58 Å². The van der Waals surface area contributed by atoms with Gasteiger partial charge in [0.1, 0.15) is 5.78 Å². The van der Waals surface area contributed by atoms with Gasteiger partial charge in [-0.2, -0.15) is 0 Å². The molecule has 2 rings (SSSR count). The molecule has 1 aliphatic rings. The minimum absolute atomic E-state index is 0.312. The van der Waals surface area contributed by atoms with Gasteiger partial charge >= 0.3 is 0 Å². The van der Waals surface area contributed by atoms with Crippen molar-refractivity contribution in [2.75, 3.05) is 0 Å². The fourth-order valence-corrected chi connectivity index (χ4v) is 2.57. The van der Waals surface area contributed by atoms with E-state index in [0.29, 0.717) is 17.6 Å². The zero-order valence-electron chi connectivity index (χ0n) is 11.0. The lowest BCUT2D eigenvalue weighted by molar-refractivity contribution is -0.120. The van der Waals surface area contributed by atoms with Crippen molar-refractivity contribution >= 4 is 5.78 Å². The summed E-state index contributed by atoms with van der Waals surface area (Å²) in [5.41, 5.74) is 1.34. The Hall–Kier alpha value is -1.37. The number of hydrogen-bond donors (Lipinski definition) is 0. The van der Waals surface area contributed by atoms with E-state index < -0.39 is 0 Å². The molecule has 1 fully saturated rings. The highest BCUT2D eigenvalue weighted by Crippen LogP contribution is 2.48. The number of unbranched alkanes of at least 4 members (excludes halogenated alkanes) is 3. The summed E-state index contributed by atoms with van der Waals surface area (Å²) in [5.74, 6) is 1.29. The fraction of sp³-hybridized carbons (Fsp3) is 0.471. The maximum Gasteiger partial charge on any atom is 0.136 e.